The SMILES string of the molecule is C#CCCCCCCc1ccc(C)c(C)c1. The molecule has 0 amide bonds. The van der Waals surface area contributed by atoms with E-state index in [2.05, 4.69) is 38.0 Å². The second-order valence-electron chi connectivity index (χ2n) is 4.54. The summed E-state index contributed by atoms with van der Waals surface area (Å²) < 4.78 is 0. The van der Waals surface area contributed by atoms with Crippen LogP contribution in [0.3, 0.4) is 0 Å². The lowest BCUT2D eigenvalue weighted by Crippen LogP contribution is -1.89. The maximum Gasteiger partial charge on any atom is 0.00860 e. The molecule has 1 aromatic carbocycles. The predicted molar refractivity (Wildman–Crippen MR) is 71.5 cm³/mol. The van der Waals surface area contributed by atoms with Gasteiger partial charge >= 0.3 is 0 Å². The molecule has 0 saturated carbocycles. The second kappa shape index (κ2) is 7.12. The number of hydrogen-bond donors (Lipinski definition) is 0. The van der Waals surface area contributed by atoms with Crippen LogP contribution in [-0.4, -0.2) is 0 Å². The summed E-state index contributed by atoms with van der Waals surface area (Å²) in [5.74, 6) is 2.69. The molecule has 0 aliphatic rings. The minimum atomic E-state index is 0.934. The Morgan fingerprint density at radius 3 is 2.44 bits per heavy atom. The summed E-state index contributed by atoms with van der Waals surface area (Å²) in [4.78, 5) is 0. The third-order valence-electron chi connectivity index (χ3n) is 3.11. The van der Waals surface area contributed by atoms with Gasteiger partial charge in [-0.05, 0) is 49.8 Å². The van der Waals surface area contributed by atoms with Crippen LogP contribution in [0.1, 0.15) is 48.8 Å². The summed E-state index contributed by atoms with van der Waals surface area (Å²) >= 11 is 0. The third kappa shape index (κ3) is 4.53. The van der Waals surface area contributed by atoms with Gasteiger partial charge in [-0.15, -0.1) is 12.3 Å². The van der Waals surface area contributed by atoms with E-state index in [9.17, 15) is 0 Å². The highest BCUT2D eigenvalue weighted by atomic mass is 14.0. The zero-order valence-electron chi connectivity index (χ0n) is 10.6. The van der Waals surface area contributed by atoms with Gasteiger partial charge in [-0.25, -0.2) is 0 Å². The summed E-state index contributed by atoms with van der Waals surface area (Å²) in [5, 5.41) is 0. The number of benzene rings is 1. The molecule has 0 aromatic heterocycles. The number of terminal acetylenes is 1. The normalized spacial score (nSPS) is 10.1. The first-order valence-electron chi connectivity index (χ1n) is 6.23. The van der Waals surface area contributed by atoms with Crippen LogP contribution in [0.4, 0.5) is 0 Å². The van der Waals surface area contributed by atoms with Gasteiger partial charge in [0.25, 0.3) is 0 Å². The molecule has 0 nitrogen and oxygen atoms in total. The fourth-order valence-electron chi connectivity index (χ4n) is 1.87. The molecule has 0 spiro atoms. The highest BCUT2D eigenvalue weighted by Gasteiger charge is 1.96. The van der Waals surface area contributed by atoms with E-state index in [1.807, 2.05) is 0 Å². The maximum atomic E-state index is 5.22. The Balaban J connectivity index is 2.22. The van der Waals surface area contributed by atoms with Crippen molar-refractivity contribution in [2.75, 3.05) is 0 Å². The van der Waals surface area contributed by atoms with Crippen LogP contribution in [0.2, 0.25) is 0 Å². The van der Waals surface area contributed by atoms with Crippen LogP contribution in [-0.2, 0) is 6.42 Å². The van der Waals surface area contributed by atoms with Crippen LogP contribution in [0, 0.1) is 26.2 Å². The van der Waals surface area contributed by atoms with E-state index in [0.717, 1.165) is 6.42 Å². The van der Waals surface area contributed by atoms with Crippen molar-refractivity contribution in [2.24, 2.45) is 0 Å². The van der Waals surface area contributed by atoms with Crippen molar-refractivity contribution in [1.82, 2.24) is 0 Å². The standard InChI is InChI=1S/C16H22/c1-4-5-6-7-8-9-10-16-12-11-14(2)15(3)13-16/h1,11-13H,5-10H2,2-3H3. The minimum absolute atomic E-state index is 0.934. The van der Waals surface area contributed by atoms with Crippen molar-refractivity contribution < 1.29 is 0 Å². The van der Waals surface area contributed by atoms with Gasteiger partial charge in [-0.2, -0.15) is 0 Å². The Kier molecular flexibility index (Phi) is 5.72. The molecule has 1 aromatic rings. The molecule has 0 bridgehead atoms. The molecule has 0 heterocycles. The van der Waals surface area contributed by atoms with Gasteiger partial charge in [0.2, 0.25) is 0 Å². The first-order valence-corrected chi connectivity index (χ1v) is 6.23. The van der Waals surface area contributed by atoms with Crippen molar-refractivity contribution in [3.8, 4) is 12.3 Å². The van der Waals surface area contributed by atoms with Crippen molar-refractivity contribution in [3.05, 3.63) is 34.9 Å². The van der Waals surface area contributed by atoms with Crippen LogP contribution in [0.25, 0.3) is 0 Å². The van der Waals surface area contributed by atoms with Crippen LogP contribution in [0.15, 0.2) is 18.2 Å². The van der Waals surface area contributed by atoms with E-state index in [1.165, 1.54) is 48.8 Å². The maximum absolute atomic E-state index is 5.22. The molecule has 0 radical (unpaired) electrons. The fraction of sp³-hybridized carbons (Fsp3) is 0.500. The Morgan fingerprint density at radius 2 is 1.75 bits per heavy atom. The molecule has 0 N–H and O–H groups in total. The monoisotopic (exact) mass is 214 g/mol. The molecule has 1 rings (SSSR count). The molecule has 0 saturated heterocycles. The lowest BCUT2D eigenvalue weighted by molar-refractivity contribution is 0.650. The van der Waals surface area contributed by atoms with Gasteiger partial charge in [0.15, 0.2) is 0 Å². The third-order valence-corrected chi connectivity index (χ3v) is 3.11. The van der Waals surface area contributed by atoms with Crippen molar-refractivity contribution in [3.63, 3.8) is 0 Å². The van der Waals surface area contributed by atoms with Gasteiger partial charge in [-0.3, -0.25) is 0 Å². The second-order valence-corrected chi connectivity index (χ2v) is 4.54. The Bertz CT molecular complexity index is 355. The summed E-state index contributed by atoms with van der Waals surface area (Å²) in [7, 11) is 0. The lowest BCUT2D eigenvalue weighted by atomic mass is 10.0. The average molecular weight is 214 g/mol. The molecule has 16 heavy (non-hydrogen) atoms. The molecule has 86 valence electrons. The van der Waals surface area contributed by atoms with Crippen molar-refractivity contribution >= 4 is 0 Å². The van der Waals surface area contributed by atoms with Gasteiger partial charge in [0.05, 0.1) is 0 Å². The highest BCUT2D eigenvalue weighted by Crippen LogP contribution is 2.13. The zero-order chi connectivity index (χ0) is 11.8. The smallest absolute Gasteiger partial charge is 0.00860 e. The predicted octanol–water partition coefficient (Wildman–Crippen LogP) is 4.43. The van der Waals surface area contributed by atoms with Crippen LogP contribution >= 0.6 is 0 Å². The fourth-order valence-corrected chi connectivity index (χ4v) is 1.87. The highest BCUT2D eigenvalue weighted by molar-refractivity contribution is 5.29. The topological polar surface area (TPSA) is 0 Å². The van der Waals surface area contributed by atoms with E-state index in [4.69, 9.17) is 6.42 Å². The number of rotatable bonds is 6. The summed E-state index contributed by atoms with van der Waals surface area (Å²) in [6.07, 6.45) is 12.4. The van der Waals surface area contributed by atoms with Crippen LogP contribution in [0.5, 0.6) is 0 Å². The van der Waals surface area contributed by atoms with Gasteiger partial charge in [-0.1, -0.05) is 31.0 Å². The minimum Gasteiger partial charge on any atom is -0.120 e. The summed E-state index contributed by atoms with van der Waals surface area (Å²) in [5.41, 5.74) is 4.27. The zero-order valence-corrected chi connectivity index (χ0v) is 10.6. The largest absolute Gasteiger partial charge is 0.120 e. The van der Waals surface area contributed by atoms with E-state index in [-0.39, 0.29) is 0 Å². The van der Waals surface area contributed by atoms with Crippen LogP contribution < -0.4 is 0 Å². The molecule has 0 aliphatic heterocycles. The first-order chi connectivity index (χ1) is 7.74. The molecule has 0 heteroatoms. The molecule has 0 atom stereocenters. The molecule has 0 fully saturated rings. The van der Waals surface area contributed by atoms with Crippen molar-refractivity contribution in [2.45, 2.75) is 52.4 Å². The number of aryl methyl sites for hydroxylation is 3. The van der Waals surface area contributed by atoms with E-state index >= 15 is 0 Å². The number of hydrogen-bond acceptors (Lipinski definition) is 0. The molecular weight excluding hydrogens is 192 g/mol. The average Bonchev–Trinajstić information content (AvgIpc) is 2.28. The van der Waals surface area contributed by atoms with E-state index < -0.39 is 0 Å². The van der Waals surface area contributed by atoms with Gasteiger partial charge in [0, 0.05) is 6.42 Å². The summed E-state index contributed by atoms with van der Waals surface area (Å²) in [6.45, 7) is 4.35. The summed E-state index contributed by atoms with van der Waals surface area (Å²) in [6, 6.07) is 6.80. The van der Waals surface area contributed by atoms with E-state index in [1.54, 1.807) is 0 Å². The Hall–Kier alpha value is -1.22. The van der Waals surface area contributed by atoms with Gasteiger partial charge < -0.3 is 0 Å². The van der Waals surface area contributed by atoms with Gasteiger partial charge in [0.1, 0.15) is 0 Å². The lowest BCUT2D eigenvalue weighted by Gasteiger charge is -2.05. The first kappa shape index (κ1) is 12.8. The molecule has 0 aliphatic carbocycles. The quantitative estimate of drug-likeness (QED) is 0.485. The van der Waals surface area contributed by atoms with Crippen molar-refractivity contribution in [1.29, 1.82) is 0 Å². The molecule has 0 unspecified atom stereocenters. The number of unbranched alkanes of at least 4 members (excludes halogenated alkanes) is 4. The van der Waals surface area contributed by atoms with E-state index in [0.29, 0.717) is 0 Å². The Morgan fingerprint density at radius 1 is 1.00 bits per heavy atom. The Labute approximate surface area is 100 Å². The molecular formula is C16H22.